The Morgan fingerprint density at radius 1 is 1.00 bits per heavy atom. The molecule has 27 heavy (non-hydrogen) atoms. The van der Waals surface area contributed by atoms with Crippen molar-refractivity contribution in [3.63, 3.8) is 0 Å². The van der Waals surface area contributed by atoms with E-state index in [4.69, 9.17) is 0 Å². The van der Waals surface area contributed by atoms with Crippen LogP contribution in [-0.2, 0) is 0 Å². The van der Waals surface area contributed by atoms with Crippen LogP contribution < -0.4 is 0 Å². The van der Waals surface area contributed by atoms with Crippen LogP contribution in [0.5, 0.6) is 0 Å². The van der Waals surface area contributed by atoms with Crippen molar-refractivity contribution in [2.24, 2.45) is 0 Å². The third kappa shape index (κ3) is 3.23. The first-order chi connectivity index (χ1) is 13.2. The summed E-state index contributed by atoms with van der Waals surface area (Å²) in [7, 11) is 0. The lowest BCUT2D eigenvalue weighted by atomic mass is 9.96. The van der Waals surface area contributed by atoms with Crippen LogP contribution in [0.3, 0.4) is 0 Å². The number of thiazole rings is 1. The van der Waals surface area contributed by atoms with Crippen molar-refractivity contribution in [2.45, 2.75) is 12.8 Å². The summed E-state index contributed by atoms with van der Waals surface area (Å²) < 4.78 is 0. The van der Waals surface area contributed by atoms with Gasteiger partial charge in [-0.2, -0.15) is 5.26 Å². The molecule has 0 aliphatic heterocycles. The standard InChI is InChI=1S/C22H15N3OS/c1-14-24-20(22(27-14)16-8-3-2-4-9-16)21(26)17(13-23)19-12-11-15-7-5-6-10-18(15)25-19/h2-12,17H,1H3. The molecule has 0 fully saturated rings. The lowest BCUT2D eigenvalue weighted by Crippen LogP contribution is -2.14. The van der Waals surface area contributed by atoms with Crippen LogP contribution >= 0.6 is 11.3 Å². The smallest absolute Gasteiger partial charge is 0.205 e. The topological polar surface area (TPSA) is 66.6 Å². The number of para-hydroxylation sites is 1. The fraction of sp³-hybridized carbons (Fsp3) is 0.0909. The molecule has 0 bridgehead atoms. The summed E-state index contributed by atoms with van der Waals surface area (Å²) in [6, 6.07) is 23.1. The van der Waals surface area contributed by atoms with E-state index in [1.165, 1.54) is 11.3 Å². The van der Waals surface area contributed by atoms with E-state index in [-0.39, 0.29) is 5.78 Å². The van der Waals surface area contributed by atoms with Crippen LogP contribution in [0.25, 0.3) is 21.3 Å². The third-order valence-corrected chi connectivity index (χ3v) is 5.33. The van der Waals surface area contributed by atoms with E-state index in [9.17, 15) is 10.1 Å². The highest BCUT2D eigenvalue weighted by atomic mass is 32.1. The van der Waals surface area contributed by atoms with Crippen molar-refractivity contribution < 1.29 is 4.79 Å². The summed E-state index contributed by atoms with van der Waals surface area (Å²) in [6.07, 6.45) is 0. The number of ketones is 1. The average Bonchev–Trinajstić information content (AvgIpc) is 3.11. The highest BCUT2D eigenvalue weighted by Gasteiger charge is 2.28. The molecule has 2 aromatic carbocycles. The second-order valence-corrected chi connectivity index (χ2v) is 7.34. The fourth-order valence-corrected chi connectivity index (χ4v) is 3.95. The van der Waals surface area contributed by atoms with Gasteiger partial charge in [-0.1, -0.05) is 54.6 Å². The van der Waals surface area contributed by atoms with Crippen LogP contribution in [0.15, 0.2) is 66.7 Å². The number of hydrogen-bond acceptors (Lipinski definition) is 5. The van der Waals surface area contributed by atoms with Crippen molar-refractivity contribution in [2.75, 3.05) is 0 Å². The van der Waals surface area contributed by atoms with Gasteiger partial charge >= 0.3 is 0 Å². The maximum atomic E-state index is 13.2. The molecule has 4 nitrogen and oxygen atoms in total. The van der Waals surface area contributed by atoms with Gasteiger partial charge in [0.2, 0.25) is 5.78 Å². The highest BCUT2D eigenvalue weighted by Crippen LogP contribution is 2.33. The zero-order valence-corrected chi connectivity index (χ0v) is 15.4. The van der Waals surface area contributed by atoms with Crippen molar-refractivity contribution in [3.8, 4) is 16.5 Å². The average molecular weight is 369 g/mol. The number of hydrogen-bond donors (Lipinski definition) is 0. The minimum Gasteiger partial charge on any atom is -0.290 e. The molecule has 4 rings (SSSR count). The van der Waals surface area contributed by atoms with Gasteiger partial charge in [0, 0.05) is 5.39 Å². The first kappa shape index (κ1) is 17.1. The van der Waals surface area contributed by atoms with Gasteiger partial charge in [0.15, 0.2) is 5.92 Å². The van der Waals surface area contributed by atoms with E-state index in [1.807, 2.05) is 67.6 Å². The molecule has 0 N–H and O–H groups in total. The summed E-state index contributed by atoms with van der Waals surface area (Å²) in [5.41, 5.74) is 2.48. The Hall–Kier alpha value is -3.36. The third-order valence-electron chi connectivity index (χ3n) is 4.31. The van der Waals surface area contributed by atoms with E-state index in [2.05, 4.69) is 16.0 Å². The number of Topliss-reactive ketones (excluding diaryl/α,β-unsaturated/α-hetero) is 1. The summed E-state index contributed by atoms with van der Waals surface area (Å²) in [4.78, 5) is 23.0. The molecule has 2 aromatic heterocycles. The maximum Gasteiger partial charge on any atom is 0.205 e. The van der Waals surface area contributed by atoms with Crippen LogP contribution in [0.1, 0.15) is 27.1 Å². The van der Waals surface area contributed by atoms with Crippen LogP contribution in [0.2, 0.25) is 0 Å². The van der Waals surface area contributed by atoms with Crippen LogP contribution in [0.4, 0.5) is 0 Å². The molecule has 2 heterocycles. The maximum absolute atomic E-state index is 13.2. The second-order valence-electron chi connectivity index (χ2n) is 6.13. The molecule has 5 heteroatoms. The number of carbonyl (C=O) groups excluding carboxylic acids is 1. The van der Waals surface area contributed by atoms with E-state index >= 15 is 0 Å². The summed E-state index contributed by atoms with van der Waals surface area (Å²) in [6.45, 7) is 1.86. The molecule has 1 atom stereocenters. The van der Waals surface area contributed by atoms with Crippen LogP contribution in [0, 0.1) is 18.3 Å². The van der Waals surface area contributed by atoms with E-state index in [1.54, 1.807) is 6.07 Å². The molecular formula is C22H15N3OS. The molecule has 0 amide bonds. The molecule has 0 aliphatic carbocycles. The first-order valence-electron chi connectivity index (χ1n) is 8.50. The van der Waals surface area contributed by atoms with Crippen LogP contribution in [-0.4, -0.2) is 15.8 Å². The fourth-order valence-electron chi connectivity index (χ4n) is 3.02. The Labute approximate surface area is 160 Å². The zero-order chi connectivity index (χ0) is 18.8. The van der Waals surface area contributed by atoms with Gasteiger partial charge in [-0.15, -0.1) is 11.3 Å². The minimum atomic E-state index is -0.987. The number of fused-ring (bicyclic) bond motifs is 1. The second kappa shape index (κ2) is 7.10. The molecular weight excluding hydrogens is 354 g/mol. The summed E-state index contributed by atoms with van der Waals surface area (Å²) in [5.74, 6) is -1.30. The monoisotopic (exact) mass is 369 g/mol. The van der Waals surface area contributed by atoms with Gasteiger partial charge in [-0.3, -0.25) is 9.78 Å². The van der Waals surface area contributed by atoms with E-state index in [0.717, 1.165) is 26.4 Å². The number of aryl methyl sites for hydroxylation is 1. The molecule has 4 aromatic rings. The SMILES string of the molecule is Cc1nc(C(=O)C(C#N)c2ccc3ccccc3n2)c(-c2ccccc2)s1. The van der Waals surface area contributed by atoms with Gasteiger partial charge in [-0.05, 0) is 24.6 Å². The number of aromatic nitrogens is 2. The molecule has 0 saturated carbocycles. The highest BCUT2D eigenvalue weighted by molar-refractivity contribution is 7.15. The summed E-state index contributed by atoms with van der Waals surface area (Å²) in [5, 5.41) is 11.5. The lowest BCUT2D eigenvalue weighted by molar-refractivity contribution is 0.0974. The lowest BCUT2D eigenvalue weighted by Gasteiger charge is -2.09. The number of rotatable bonds is 4. The Morgan fingerprint density at radius 2 is 1.74 bits per heavy atom. The molecule has 0 aliphatic rings. The molecule has 0 saturated heterocycles. The summed E-state index contributed by atoms with van der Waals surface area (Å²) >= 11 is 1.46. The Kier molecular flexibility index (Phi) is 4.49. The normalized spacial score (nSPS) is 11.9. The Bertz CT molecular complexity index is 1180. The Balaban J connectivity index is 1.78. The van der Waals surface area contributed by atoms with Gasteiger partial charge < -0.3 is 0 Å². The predicted molar refractivity (Wildman–Crippen MR) is 107 cm³/mol. The predicted octanol–water partition coefficient (Wildman–Crippen LogP) is 5.16. The van der Waals surface area contributed by atoms with Gasteiger partial charge in [-0.25, -0.2) is 4.98 Å². The largest absolute Gasteiger partial charge is 0.290 e. The van der Waals surface area contributed by atoms with Gasteiger partial charge in [0.1, 0.15) is 5.69 Å². The molecule has 0 radical (unpaired) electrons. The number of nitrogens with zero attached hydrogens (tertiary/aromatic N) is 3. The van der Waals surface area contributed by atoms with E-state index in [0.29, 0.717) is 11.4 Å². The number of pyridine rings is 1. The minimum absolute atomic E-state index is 0.316. The number of carbonyl (C=O) groups is 1. The molecule has 130 valence electrons. The zero-order valence-electron chi connectivity index (χ0n) is 14.6. The molecule has 0 spiro atoms. The van der Waals surface area contributed by atoms with E-state index < -0.39 is 5.92 Å². The van der Waals surface area contributed by atoms with Crippen molar-refractivity contribution >= 4 is 28.0 Å². The number of benzene rings is 2. The van der Waals surface area contributed by atoms with Crippen molar-refractivity contribution in [1.29, 1.82) is 5.26 Å². The number of nitriles is 1. The van der Waals surface area contributed by atoms with Gasteiger partial charge in [0.25, 0.3) is 0 Å². The Morgan fingerprint density at radius 3 is 2.52 bits per heavy atom. The van der Waals surface area contributed by atoms with Gasteiger partial charge in [0.05, 0.1) is 27.2 Å². The quantitative estimate of drug-likeness (QED) is 0.466. The first-order valence-corrected chi connectivity index (χ1v) is 9.31. The molecule has 1 unspecified atom stereocenters. The van der Waals surface area contributed by atoms with Crippen molar-refractivity contribution in [1.82, 2.24) is 9.97 Å². The van der Waals surface area contributed by atoms with Crippen molar-refractivity contribution in [3.05, 3.63) is 83.1 Å².